The number of aryl methyl sites for hydroxylation is 2. The molecule has 0 N–H and O–H groups in total. The molecule has 0 radical (unpaired) electrons. The molecule has 1 atom stereocenters. The van der Waals surface area contributed by atoms with E-state index in [1.165, 1.54) is 0 Å². The van der Waals surface area contributed by atoms with Gasteiger partial charge in [-0.3, -0.25) is 14.8 Å². The third kappa shape index (κ3) is 4.16. The fourth-order valence-corrected chi connectivity index (χ4v) is 3.11. The van der Waals surface area contributed by atoms with Crippen molar-refractivity contribution in [2.45, 2.75) is 32.7 Å². The van der Waals surface area contributed by atoms with Gasteiger partial charge in [-0.05, 0) is 38.8 Å². The molecule has 0 saturated carbocycles. The molecule has 0 unspecified atom stereocenters. The second-order valence-electron chi connectivity index (χ2n) is 6.14. The van der Waals surface area contributed by atoms with Crippen LogP contribution in [0.5, 0.6) is 5.88 Å². The summed E-state index contributed by atoms with van der Waals surface area (Å²) in [7, 11) is 0. The van der Waals surface area contributed by atoms with Crippen molar-refractivity contribution in [1.29, 1.82) is 0 Å². The van der Waals surface area contributed by atoms with Crippen LogP contribution in [-0.2, 0) is 11.2 Å². The number of pyridine rings is 1. The van der Waals surface area contributed by atoms with E-state index in [2.05, 4.69) is 15.0 Å². The van der Waals surface area contributed by atoms with Crippen LogP contribution in [0.1, 0.15) is 35.1 Å². The molecular weight excluding hydrogens is 332 g/mol. The Labute approximate surface area is 153 Å². The first-order valence-electron chi connectivity index (χ1n) is 8.93. The average Bonchev–Trinajstić information content (AvgIpc) is 2.68. The zero-order valence-electron chi connectivity index (χ0n) is 15.2. The van der Waals surface area contributed by atoms with Crippen LogP contribution < -0.4 is 4.74 Å². The van der Waals surface area contributed by atoms with Crippen LogP contribution in [0.3, 0.4) is 0 Å². The smallest absolute Gasteiger partial charge is 0.259 e. The molecule has 7 nitrogen and oxygen atoms in total. The zero-order valence-corrected chi connectivity index (χ0v) is 15.2. The van der Waals surface area contributed by atoms with E-state index in [1.54, 1.807) is 30.7 Å². The fraction of sp³-hybridized carbons (Fsp3) is 0.474. The predicted molar refractivity (Wildman–Crippen MR) is 96.1 cm³/mol. The van der Waals surface area contributed by atoms with Gasteiger partial charge in [0.05, 0.1) is 37.3 Å². The number of ether oxygens (including phenoxy) is 2. The van der Waals surface area contributed by atoms with Gasteiger partial charge in [0.2, 0.25) is 5.88 Å². The third-order valence-corrected chi connectivity index (χ3v) is 4.47. The second-order valence-corrected chi connectivity index (χ2v) is 6.14. The molecule has 0 bridgehead atoms. The first-order valence-corrected chi connectivity index (χ1v) is 8.93. The van der Waals surface area contributed by atoms with E-state index in [9.17, 15) is 4.79 Å². The maximum absolute atomic E-state index is 13.1. The number of hydrogen-bond acceptors (Lipinski definition) is 6. The maximum Gasteiger partial charge on any atom is 0.259 e. The average molecular weight is 356 g/mol. The van der Waals surface area contributed by atoms with E-state index in [0.29, 0.717) is 37.8 Å². The summed E-state index contributed by atoms with van der Waals surface area (Å²) in [6.45, 7) is 5.92. The van der Waals surface area contributed by atoms with Gasteiger partial charge in [0.25, 0.3) is 5.91 Å². The number of nitrogens with zero attached hydrogens (tertiary/aromatic N) is 4. The minimum Gasteiger partial charge on any atom is -0.477 e. The Morgan fingerprint density at radius 3 is 2.96 bits per heavy atom. The zero-order chi connectivity index (χ0) is 18.4. The third-order valence-electron chi connectivity index (χ3n) is 4.47. The number of rotatable bonds is 6. The molecule has 2 aromatic rings. The molecule has 1 aliphatic rings. The molecule has 7 heteroatoms. The number of carbonyl (C=O) groups is 1. The van der Waals surface area contributed by atoms with E-state index in [4.69, 9.17) is 9.47 Å². The van der Waals surface area contributed by atoms with E-state index >= 15 is 0 Å². The highest BCUT2D eigenvalue weighted by molar-refractivity contribution is 5.96. The Balaban J connectivity index is 1.74. The molecule has 26 heavy (non-hydrogen) atoms. The maximum atomic E-state index is 13.1. The van der Waals surface area contributed by atoms with Crippen molar-refractivity contribution < 1.29 is 14.3 Å². The Kier molecular flexibility index (Phi) is 6.12. The number of aromatic nitrogens is 3. The van der Waals surface area contributed by atoms with Gasteiger partial charge in [-0.2, -0.15) is 0 Å². The number of hydrogen-bond donors (Lipinski definition) is 0. The quantitative estimate of drug-likeness (QED) is 0.788. The summed E-state index contributed by atoms with van der Waals surface area (Å²) in [4.78, 5) is 27.8. The summed E-state index contributed by atoms with van der Waals surface area (Å²) in [6, 6.07) is 3.51. The van der Waals surface area contributed by atoms with E-state index < -0.39 is 0 Å². The van der Waals surface area contributed by atoms with Crippen LogP contribution in [0.25, 0.3) is 0 Å². The normalized spacial score (nSPS) is 17.2. The molecule has 3 heterocycles. The summed E-state index contributed by atoms with van der Waals surface area (Å²) in [5.41, 5.74) is 2.38. The van der Waals surface area contributed by atoms with Gasteiger partial charge >= 0.3 is 0 Å². The van der Waals surface area contributed by atoms with Crippen LogP contribution in [0, 0.1) is 6.92 Å². The standard InChI is InChI=1S/C19H24N4O3/c1-3-26-18-16(5-4-8-22-18)19(24)23-11-12-25-13-15(23)6-7-17-14(2)20-9-10-21-17/h4-5,8-10,15H,3,6-7,11-13H2,1-2H3/t15-/m1/s1. The minimum absolute atomic E-state index is 0.00709. The van der Waals surface area contributed by atoms with Crippen molar-refractivity contribution in [3.8, 4) is 5.88 Å². The molecular formula is C19H24N4O3. The topological polar surface area (TPSA) is 77.4 Å². The summed E-state index contributed by atoms with van der Waals surface area (Å²) in [5, 5.41) is 0. The van der Waals surface area contributed by atoms with Crippen molar-refractivity contribution >= 4 is 5.91 Å². The lowest BCUT2D eigenvalue weighted by Gasteiger charge is -2.36. The largest absolute Gasteiger partial charge is 0.477 e. The van der Waals surface area contributed by atoms with Crippen LogP contribution >= 0.6 is 0 Å². The van der Waals surface area contributed by atoms with Crippen molar-refractivity contribution in [3.05, 3.63) is 47.7 Å². The van der Waals surface area contributed by atoms with Gasteiger partial charge in [0.15, 0.2) is 0 Å². The predicted octanol–water partition coefficient (Wildman–Crippen LogP) is 2.05. The Morgan fingerprint density at radius 1 is 1.31 bits per heavy atom. The van der Waals surface area contributed by atoms with Crippen molar-refractivity contribution in [1.82, 2.24) is 19.9 Å². The van der Waals surface area contributed by atoms with Crippen LogP contribution in [0.15, 0.2) is 30.7 Å². The van der Waals surface area contributed by atoms with Gasteiger partial charge < -0.3 is 14.4 Å². The van der Waals surface area contributed by atoms with E-state index in [1.807, 2.05) is 18.7 Å². The molecule has 0 aliphatic carbocycles. The lowest BCUT2D eigenvalue weighted by atomic mass is 10.0. The first-order chi connectivity index (χ1) is 12.7. The lowest BCUT2D eigenvalue weighted by molar-refractivity contribution is -0.00435. The number of carbonyl (C=O) groups excluding carboxylic acids is 1. The fourth-order valence-electron chi connectivity index (χ4n) is 3.11. The van der Waals surface area contributed by atoms with E-state index in [-0.39, 0.29) is 11.9 Å². The van der Waals surface area contributed by atoms with Gasteiger partial charge in [-0.1, -0.05) is 0 Å². The minimum atomic E-state index is -0.0642. The summed E-state index contributed by atoms with van der Waals surface area (Å²) in [6.07, 6.45) is 6.55. The summed E-state index contributed by atoms with van der Waals surface area (Å²) in [5.74, 6) is 0.320. The van der Waals surface area contributed by atoms with Gasteiger partial charge in [-0.25, -0.2) is 4.98 Å². The summed E-state index contributed by atoms with van der Waals surface area (Å²) < 4.78 is 11.1. The molecule has 1 aliphatic heterocycles. The molecule has 2 aromatic heterocycles. The molecule has 1 saturated heterocycles. The van der Waals surface area contributed by atoms with Crippen LogP contribution in [-0.4, -0.2) is 58.2 Å². The Morgan fingerprint density at radius 2 is 2.15 bits per heavy atom. The Hall–Kier alpha value is -2.54. The highest BCUT2D eigenvalue weighted by atomic mass is 16.5. The van der Waals surface area contributed by atoms with Crippen molar-refractivity contribution in [2.24, 2.45) is 0 Å². The van der Waals surface area contributed by atoms with Gasteiger partial charge in [0.1, 0.15) is 5.56 Å². The molecule has 1 fully saturated rings. The van der Waals surface area contributed by atoms with E-state index in [0.717, 1.165) is 24.2 Å². The van der Waals surface area contributed by atoms with Crippen LogP contribution in [0.2, 0.25) is 0 Å². The SMILES string of the molecule is CCOc1ncccc1C(=O)N1CCOC[C@H]1CCc1nccnc1C. The second kappa shape index (κ2) is 8.71. The first kappa shape index (κ1) is 18.3. The molecule has 0 spiro atoms. The lowest BCUT2D eigenvalue weighted by Crippen LogP contribution is -2.49. The highest BCUT2D eigenvalue weighted by Crippen LogP contribution is 2.21. The van der Waals surface area contributed by atoms with Crippen LogP contribution in [0.4, 0.5) is 0 Å². The summed E-state index contributed by atoms with van der Waals surface area (Å²) >= 11 is 0. The molecule has 0 aromatic carbocycles. The highest BCUT2D eigenvalue weighted by Gasteiger charge is 2.30. The Bertz CT molecular complexity index is 753. The van der Waals surface area contributed by atoms with Gasteiger partial charge in [-0.15, -0.1) is 0 Å². The number of morpholine rings is 1. The van der Waals surface area contributed by atoms with Gasteiger partial charge in [0, 0.05) is 25.1 Å². The molecule has 138 valence electrons. The number of amides is 1. The van der Waals surface area contributed by atoms with Crippen molar-refractivity contribution in [3.63, 3.8) is 0 Å². The molecule has 3 rings (SSSR count). The molecule has 1 amide bonds. The monoisotopic (exact) mass is 356 g/mol. The van der Waals surface area contributed by atoms with Crippen molar-refractivity contribution in [2.75, 3.05) is 26.4 Å².